The first-order chi connectivity index (χ1) is 12.0. The lowest BCUT2D eigenvalue weighted by Crippen LogP contribution is -2.52. The van der Waals surface area contributed by atoms with Gasteiger partial charge < -0.3 is 15.9 Å². The molecule has 26 heavy (non-hydrogen) atoms. The number of fused-ring (bicyclic) bond motifs is 3. The molecular formula is C20H25ClN2O3. The van der Waals surface area contributed by atoms with Crippen LogP contribution < -0.4 is 5.73 Å². The van der Waals surface area contributed by atoms with E-state index in [-0.39, 0.29) is 41.3 Å². The van der Waals surface area contributed by atoms with Crippen LogP contribution in [0.4, 0.5) is 0 Å². The van der Waals surface area contributed by atoms with Gasteiger partial charge in [0.1, 0.15) is 0 Å². The highest BCUT2D eigenvalue weighted by atomic mass is 35.5. The number of carbonyl (C=O) groups excluding carboxylic acids is 1. The van der Waals surface area contributed by atoms with Crippen LogP contribution in [0.15, 0.2) is 12.1 Å². The summed E-state index contributed by atoms with van der Waals surface area (Å²) in [4.78, 5) is 13.1. The molecule has 6 heteroatoms. The Balaban J connectivity index is 0.00000168. The number of carbonyl (C=O) groups is 1. The van der Waals surface area contributed by atoms with E-state index >= 15 is 0 Å². The van der Waals surface area contributed by atoms with Gasteiger partial charge in [-0.15, -0.1) is 12.4 Å². The second-order valence-electron chi connectivity index (χ2n) is 8.25. The molecule has 4 atom stereocenters. The van der Waals surface area contributed by atoms with Crippen LogP contribution in [0, 0.1) is 11.3 Å². The summed E-state index contributed by atoms with van der Waals surface area (Å²) in [6.07, 6.45) is 5.63. The Morgan fingerprint density at radius 3 is 2.77 bits per heavy atom. The zero-order valence-electron chi connectivity index (χ0n) is 14.9. The molecule has 0 unspecified atom stereocenters. The monoisotopic (exact) mass is 376 g/mol. The van der Waals surface area contributed by atoms with Crippen molar-refractivity contribution in [1.29, 1.82) is 0 Å². The number of hydrogen-bond donors (Lipinski definition) is 3. The fraction of sp³-hybridized carbons (Fsp3) is 0.550. The summed E-state index contributed by atoms with van der Waals surface area (Å²) in [5, 5.41) is 20.8. The summed E-state index contributed by atoms with van der Waals surface area (Å²) in [6.45, 7) is 2.20. The number of aromatic nitrogens is 1. The fourth-order valence-corrected chi connectivity index (χ4v) is 6.11. The number of phenols is 2. The lowest BCUT2D eigenvalue weighted by Gasteiger charge is -2.54. The summed E-state index contributed by atoms with van der Waals surface area (Å²) in [5.41, 5.74) is 9.55. The molecular weight excluding hydrogens is 352 g/mol. The summed E-state index contributed by atoms with van der Waals surface area (Å²) in [6, 6.07) is 3.22. The molecule has 1 saturated carbocycles. The molecule has 5 nitrogen and oxygen atoms in total. The van der Waals surface area contributed by atoms with Crippen molar-refractivity contribution in [2.24, 2.45) is 17.1 Å². The SMILES string of the molecule is CC[C@@]12CCC[C@H]3[C@H](N)Cc4c(n(c5cc(O)c(O)cc45)C(=O)C1)[C@H]32.Cl. The van der Waals surface area contributed by atoms with Gasteiger partial charge in [-0.3, -0.25) is 9.36 Å². The predicted molar refractivity (Wildman–Crippen MR) is 102 cm³/mol. The minimum atomic E-state index is -0.178. The Morgan fingerprint density at radius 2 is 2.04 bits per heavy atom. The van der Waals surface area contributed by atoms with Crippen molar-refractivity contribution in [3.05, 3.63) is 23.4 Å². The van der Waals surface area contributed by atoms with Crippen molar-refractivity contribution in [1.82, 2.24) is 4.57 Å². The van der Waals surface area contributed by atoms with E-state index in [4.69, 9.17) is 5.73 Å². The summed E-state index contributed by atoms with van der Waals surface area (Å²) < 4.78 is 1.83. The zero-order chi connectivity index (χ0) is 17.5. The third-order valence-corrected chi connectivity index (χ3v) is 7.25. The second-order valence-corrected chi connectivity index (χ2v) is 8.25. The van der Waals surface area contributed by atoms with Crippen LogP contribution in [0.5, 0.6) is 11.5 Å². The predicted octanol–water partition coefficient (Wildman–Crippen LogP) is 3.68. The van der Waals surface area contributed by atoms with E-state index in [0.717, 1.165) is 48.7 Å². The minimum absolute atomic E-state index is 0. The van der Waals surface area contributed by atoms with Crippen LogP contribution in [0.3, 0.4) is 0 Å². The molecule has 1 aromatic carbocycles. The molecule has 2 heterocycles. The van der Waals surface area contributed by atoms with Crippen LogP contribution in [-0.2, 0) is 6.42 Å². The molecule has 0 amide bonds. The first kappa shape index (κ1) is 17.7. The van der Waals surface area contributed by atoms with Gasteiger partial charge in [0.05, 0.1) is 5.52 Å². The van der Waals surface area contributed by atoms with Crippen LogP contribution in [-0.4, -0.2) is 26.7 Å². The Bertz CT molecular complexity index is 922. The Labute approximate surface area is 158 Å². The zero-order valence-corrected chi connectivity index (χ0v) is 15.7. The van der Waals surface area contributed by atoms with Gasteiger partial charge in [-0.2, -0.15) is 0 Å². The van der Waals surface area contributed by atoms with Crippen LogP contribution in [0.2, 0.25) is 0 Å². The third kappa shape index (κ3) is 1.99. The first-order valence-corrected chi connectivity index (χ1v) is 9.35. The standard InChI is InChI=1S/C20H24N2O3.ClH/c1-2-20-5-3-4-10-13(21)6-12-11-7-15(23)16(24)8-14(11)22(17(25)9-20)19(12)18(10)20;/h7-8,10,13,18,23-24H,2-6,9,21H2,1H3;1H/t10-,13+,18-,20+;/m0./s1. The first-order valence-electron chi connectivity index (χ1n) is 9.35. The molecule has 4 N–H and O–H groups in total. The van der Waals surface area contributed by atoms with Gasteiger partial charge in [-0.05, 0) is 48.6 Å². The molecule has 0 spiro atoms. The third-order valence-electron chi connectivity index (χ3n) is 7.25. The van der Waals surface area contributed by atoms with Gasteiger partial charge in [0.15, 0.2) is 11.5 Å². The molecule has 140 valence electrons. The summed E-state index contributed by atoms with van der Waals surface area (Å²) in [7, 11) is 0. The molecule has 5 rings (SSSR count). The number of halogens is 1. The molecule has 1 fully saturated rings. The fourth-order valence-electron chi connectivity index (χ4n) is 6.11. The van der Waals surface area contributed by atoms with Crippen molar-refractivity contribution in [3.63, 3.8) is 0 Å². The quantitative estimate of drug-likeness (QED) is 0.662. The lowest BCUT2D eigenvalue weighted by atomic mass is 9.52. The van der Waals surface area contributed by atoms with Gasteiger partial charge in [0, 0.05) is 35.5 Å². The number of benzene rings is 1. The molecule has 0 radical (unpaired) electrons. The van der Waals surface area contributed by atoms with Crippen molar-refractivity contribution in [2.75, 3.05) is 0 Å². The number of aromatic hydroxyl groups is 2. The van der Waals surface area contributed by atoms with Crippen molar-refractivity contribution in [2.45, 2.75) is 57.4 Å². The van der Waals surface area contributed by atoms with E-state index in [1.54, 1.807) is 6.07 Å². The van der Waals surface area contributed by atoms with Crippen LogP contribution in [0.25, 0.3) is 10.9 Å². The highest BCUT2D eigenvalue weighted by Gasteiger charge is 2.55. The maximum atomic E-state index is 13.1. The Kier molecular flexibility index (Phi) is 3.83. The largest absolute Gasteiger partial charge is 0.504 e. The molecule has 2 aliphatic carbocycles. The highest BCUT2D eigenvalue weighted by Crippen LogP contribution is 2.61. The van der Waals surface area contributed by atoms with E-state index in [1.165, 1.54) is 6.07 Å². The Hall–Kier alpha value is -1.72. The van der Waals surface area contributed by atoms with E-state index in [0.29, 0.717) is 23.8 Å². The second kappa shape index (κ2) is 5.64. The molecule has 0 saturated heterocycles. The number of rotatable bonds is 1. The van der Waals surface area contributed by atoms with E-state index in [2.05, 4.69) is 6.92 Å². The molecule has 0 bridgehead atoms. The molecule has 3 aliphatic rings. The van der Waals surface area contributed by atoms with Crippen LogP contribution >= 0.6 is 12.4 Å². The van der Waals surface area contributed by atoms with E-state index < -0.39 is 0 Å². The highest BCUT2D eigenvalue weighted by molar-refractivity contribution is 5.99. The van der Waals surface area contributed by atoms with E-state index in [9.17, 15) is 15.0 Å². The maximum Gasteiger partial charge on any atom is 0.231 e. The van der Waals surface area contributed by atoms with Crippen molar-refractivity contribution < 1.29 is 15.0 Å². The Morgan fingerprint density at radius 1 is 1.31 bits per heavy atom. The van der Waals surface area contributed by atoms with Gasteiger partial charge in [0.25, 0.3) is 0 Å². The van der Waals surface area contributed by atoms with Crippen LogP contribution in [0.1, 0.15) is 61.0 Å². The number of hydrogen-bond acceptors (Lipinski definition) is 4. The van der Waals surface area contributed by atoms with E-state index in [1.807, 2.05) is 4.57 Å². The normalized spacial score (nSPS) is 32.2. The molecule has 1 aliphatic heterocycles. The summed E-state index contributed by atoms with van der Waals surface area (Å²) in [5.74, 6) is 0.521. The number of nitrogens with two attached hydrogens (primary N) is 1. The van der Waals surface area contributed by atoms with Gasteiger partial charge in [0.2, 0.25) is 5.91 Å². The topological polar surface area (TPSA) is 88.5 Å². The number of phenolic OH excluding ortho intramolecular Hbond substituents is 2. The molecule has 1 aromatic heterocycles. The van der Waals surface area contributed by atoms with Gasteiger partial charge in [-0.1, -0.05) is 13.3 Å². The van der Waals surface area contributed by atoms with Gasteiger partial charge >= 0.3 is 0 Å². The smallest absolute Gasteiger partial charge is 0.231 e. The maximum absolute atomic E-state index is 13.1. The number of nitrogens with zero attached hydrogens (tertiary/aromatic N) is 1. The average molecular weight is 377 g/mol. The van der Waals surface area contributed by atoms with Crippen molar-refractivity contribution >= 4 is 29.2 Å². The van der Waals surface area contributed by atoms with Gasteiger partial charge in [-0.25, -0.2) is 0 Å². The summed E-state index contributed by atoms with van der Waals surface area (Å²) >= 11 is 0. The van der Waals surface area contributed by atoms with Crippen molar-refractivity contribution in [3.8, 4) is 11.5 Å². The average Bonchev–Trinajstić information content (AvgIpc) is 2.89. The molecule has 2 aromatic rings. The lowest BCUT2D eigenvalue weighted by molar-refractivity contribution is 0.0328. The minimum Gasteiger partial charge on any atom is -0.504 e.